The van der Waals surface area contributed by atoms with Crippen molar-refractivity contribution in [3.63, 3.8) is 0 Å². The van der Waals surface area contributed by atoms with E-state index in [-0.39, 0.29) is 53.5 Å². The third kappa shape index (κ3) is 7.04. The third-order valence-corrected chi connectivity index (χ3v) is 10.3. The van der Waals surface area contributed by atoms with E-state index in [0.29, 0.717) is 57.1 Å². The summed E-state index contributed by atoms with van der Waals surface area (Å²) in [4.78, 5) is 42.2. The zero-order valence-corrected chi connectivity index (χ0v) is 29.4. The maximum absolute atomic E-state index is 14.0. The van der Waals surface area contributed by atoms with Gasteiger partial charge in [0.25, 0.3) is 5.56 Å². The molecule has 0 amide bonds. The first-order valence-electron chi connectivity index (χ1n) is 16.2. The van der Waals surface area contributed by atoms with Crippen LogP contribution in [-0.2, 0) is 6.54 Å². The molecule has 1 N–H and O–H groups in total. The summed E-state index contributed by atoms with van der Waals surface area (Å²) in [5.74, 6) is 1.55. The number of alkyl halides is 4. The molecule has 52 heavy (non-hydrogen) atoms. The minimum absolute atomic E-state index is 0.0172. The Morgan fingerprint density at radius 1 is 1.21 bits per heavy atom. The number of carboxylic acids is 1. The van der Waals surface area contributed by atoms with E-state index in [2.05, 4.69) is 32.9 Å². The summed E-state index contributed by atoms with van der Waals surface area (Å²) < 4.78 is 54.9. The maximum atomic E-state index is 14.0. The van der Waals surface area contributed by atoms with Crippen LogP contribution in [-0.4, -0.2) is 80.1 Å². The van der Waals surface area contributed by atoms with Crippen LogP contribution in [0.5, 0.6) is 0 Å². The number of nitriles is 1. The number of carbonyl (C=O) groups is 1. The topological polar surface area (TPSA) is 128 Å². The molecule has 1 fully saturated rings. The molecular formula is C36H30ClF4N7O3S. The molecule has 10 nitrogen and oxygen atoms in total. The minimum atomic E-state index is -4.11. The summed E-state index contributed by atoms with van der Waals surface area (Å²) in [6.45, 7) is 3.07. The van der Waals surface area contributed by atoms with Crippen molar-refractivity contribution in [2.24, 2.45) is 0 Å². The van der Waals surface area contributed by atoms with Crippen LogP contribution in [0.2, 0.25) is 5.02 Å². The summed E-state index contributed by atoms with van der Waals surface area (Å²) >= 11 is 7.61. The molecule has 268 valence electrons. The average molecular weight is 752 g/mol. The van der Waals surface area contributed by atoms with E-state index < -0.39 is 30.4 Å². The molecular weight excluding hydrogens is 722 g/mol. The van der Waals surface area contributed by atoms with Crippen LogP contribution in [0.15, 0.2) is 46.8 Å². The number of rotatable bonds is 9. The summed E-state index contributed by atoms with van der Waals surface area (Å²) in [6, 6.07) is 8.79. The van der Waals surface area contributed by atoms with E-state index in [1.54, 1.807) is 31.2 Å². The molecule has 1 aliphatic heterocycles. The lowest BCUT2D eigenvalue weighted by Crippen LogP contribution is -2.49. The second-order valence-corrected chi connectivity index (χ2v) is 13.5. The number of nitrogens with zero attached hydrogens (tertiary/aromatic N) is 7. The van der Waals surface area contributed by atoms with Crippen molar-refractivity contribution in [2.75, 3.05) is 31.1 Å². The van der Waals surface area contributed by atoms with Gasteiger partial charge in [0.05, 0.1) is 46.0 Å². The predicted molar refractivity (Wildman–Crippen MR) is 191 cm³/mol. The second kappa shape index (κ2) is 14.9. The molecule has 0 atom stereocenters. The van der Waals surface area contributed by atoms with Gasteiger partial charge in [0.1, 0.15) is 23.3 Å². The summed E-state index contributed by atoms with van der Waals surface area (Å²) in [5, 5.41) is 22.0. The van der Waals surface area contributed by atoms with Gasteiger partial charge in [-0.1, -0.05) is 23.4 Å². The normalized spacial score (nSPS) is 14.1. The molecule has 1 aromatic carbocycles. The van der Waals surface area contributed by atoms with Crippen LogP contribution in [0.1, 0.15) is 47.1 Å². The van der Waals surface area contributed by atoms with Crippen LogP contribution in [0.4, 0.5) is 23.4 Å². The summed E-state index contributed by atoms with van der Waals surface area (Å²) in [5.41, 5.74) is 2.12. The number of pyridine rings is 2. The van der Waals surface area contributed by atoms with Gasteiger partial charge < -0.3 is 10.0 Å². The summed E-state index contributed by atoms with van der Waals surface area (Å²) in [7, 11) is 0. The number of aromatic nitrogens is 4. The molecule has 0 unspecified atom stereocenters. The van der Waals surface area contributed by atoms with Gasteiger partial charge in [-0.05, 0) is 51.0 Å². The smallest absolute Gasteiger partial charge is 0.338 e. The molecule has 1 aliphatic rings. The van der Waals surface area contributed by atoms with Crippen molar-refractivity contribution in [1.82, 2.24) is 24.4 Å². The summed E-state index contributed by atoms with van der Waals surface area (Å²) in [6.07, 6.45) is -0.0645. The Morgan fingerprint density at radius 3 is 2.63 bits per heavy atom. The van der Waals surface area contributed by atoms with Crippen molar-refractivity contribution in [3.05, 3.63) is 79.9 Å². The number of carboxylic acid groups (broad SMARTS) is 1. The van der Waals surface area contributed by atoms with Crippen LogP contribution in [0, 0.1) is 30.1 Å². The van der Waals surface area contributed by atoms with Crippen molar-refractivity contribution in [1.29, 1.82) is 5.26 Å². The number of anilines is 1. The fraction of sp³-hybridized carbons (Fsp3) is 0.333. The van der Waals surface area contributed by atoms with Gasteiger partial charge in [0.2, 0.25) is 0 Å². The van der Waals surface area contributed by atoms with Crippen LogP contribution in [0.25, 0.3) is 32.2 Å². The highest BCUT2D eigenvalue weighted by molar-refractivity contribution is 7.18. The number of likely N-dealkylation sites (tertiary alicyclic amines) is 1. The Morgan fingerprint density at radius 2 is 1.96 bits per heavy atom. The van der Waals surface area contributed by atoms with Crippen LogP contribution >= 0.6 is 22.9 Å². The average Bonchev–Trinajstić information content (AvgIpc) is 3.56. The van der Waals surface area contributed by atoms with Crippen molar-refractivity contribution < 1.29 is 27.5 Å². The molecule has 16 heteroatoms. The van der Waals surface area contributed by atoms with Gasteiger partial charge >= 0.3 is 18.3 Å². The van der Waals surface area contributed by atoms with Gasteiger partial charge in [0.15, 0.2) is 0 Å². The molecule has 0 spiro atoms. The molecule has 0 aliphatic carbocycles. The zero-order valence-electron chi connectivity index (χ0n) is 27.8. The van der Waals surface area contributed by atoms with Crippen LogP contribution in [0.3, 0.4) is 0 Å². The van der Waals surface area contributed by atoms with Gasteiger partial charge in [-0.3, -0.25) is 19.2 Å². The van der Waals surface area contributed by atoms with E-state index in [1.165, 1.54) is 38.6 Å². The lowest BCUT2D eigenvalue weighted by Gasteiger charge is -2.39. The SMILES string of the molecule is CCN(c1ncc2nc(C)n(CC#Cc3ccc(Cl)cc3-c3ccnc4c(C(=O)O)csc34)c(=O)c2c1C#N)C1CCN(CC(F)(F)C(F)F)CC1. The Bertz CT molecular complexity index is 2360. The number of aryl methyl sites for hydroxylation is 1. The van der Waals surface area contributed by atoms with Gasteiger partial charge in [-0.15, -0.1) is 11.3 Å². The number of fused-ring (bicyclic) bond motifs is 2. The number of aromatic carboxylic acids is 1. The number of benzene rings is 1. The van der Waals surface area contributed by atoms with Crippen molar-refractivity contribution >= 4 is 55.8 Å². The number of hydrogen-bond donors (Lipinski definition) is 1. The van der Waals surface area contributed by atoms with Gasteiger partial charge in [-0.25, -0.2) is 23.5 Å². The first-order valence-corrected chi connectivity index (χ1v) is 17.4. The molecule has 5 heterocycles. The Balaban J connectivity index is 1.31. The van der Waals surface area contributed by atoms with Gasteiger partial charge in [0, 0.05) is 59.0 Å². The molecule has 0 saturated carbocycles. The fourth-order valence-electron chi connectivity index (χ4n) is 6.52. The lowest BCUT2D eigenvalue weighted by atomic mass is 10.00. The molecule has 4 aromatic heterocycles. The predicted octanol–water partition coefficient (Wildman–Crippen LogP) is 6.84. The Hall–Kier alpha value is -5.09. The second-order valence-electron chi connectivity index (χ2n) is 12.2. The van der Waals surface area contributed by atoms with Crippen molar-refractivity contribution in [3.8, 4) is 29.0 Å². The third-order valence-electron chi connectivity index (χ3n) is 9.06. The largest absolute Gasteiger partial charge is 0.478 e. The number of thiophene rings is 1. The van der Waals surface area contributed by atoms with E-state index in [0.717, 1.165) is 0 Å². The monoisotopic (exact) mass is 751 g/mol. The highest BCUT2D eigenvalue weighted by Gasteiger charge is 2.43. The Labute approximate surface area is 303 Å². The minimum Gasteiger partial charge on any atom is -0.478 e. The maximum Gasteiger partial charge on any atom is 0.338 e. The molecule has 1 saturated heterocycles. The molecule has 0 bridgehead atoms. The van der Waals surface area contributed by atoms with E-state index in [9.17, 15) is 37.5 Å². The molecule has 5 aromatic rings. The first kappa shape index (κ1) is 36.7. The fourth-order valence-corrected chi connectivity index (χ4v) is 7.71. The molecule has 6 rings (SSSR count). The van der Waals surface area contributed by atoms with E-state index in [4.69, 9.17) is 11.6 Å². The van der Waals surface area contributed by atoms with Crippen molar-refractivity contribution in [2.45, 2.75) is 51.6 Å². The van der Waals surface area contributed by atoms with E-state index >= 15 is 0 Å². The molecule has 0 radical (unpaired) electrons. The first-order chi connectivity index (χ1) is 24.8. The highest BCUT2D eigenvalue weighted by Crippen LogP contribution is 2.37. The van der Waals surface area contributed by atoms with E-state index in [1.807, 2.05) is 11.8 Å². The van der Waals surface area contributed by atoms with Crippen LogP contribution < -0.4 is 10.5 Å². The quantitative estimate of drug-likeness (QED) is 0.127. The highest BCUT2D eigenvalue weighted by atomic mass is 35.5. The number of piperidine rings is 1. The van der Waals surface area contributed by atoms with Gasteiger partial charge in [-0.2, -0.15) is 14.0 Å². The zero-order chi connectivity index (χ0) is 37.3. The standard InChI is InChI=1S/C36H30ClF4N7O3S/c1-3-47(23-9-13-46(14-10-23)19-36(40,41)35(38)39)32-26(16-42)29-28(17-44-32)45-20(2)48(33(29)49)12-4-5-21-6-7-22(37)15-25(21)24-8-11-43-30-27(34(50)51)18-52-31(24)30/h6-8,11,15,17-18,23,35H,3,9-10,12-14,19H2,1-2H3,(H,50,51). The Kier molecular flexibility index (Phi) is 10.5. The number of hydrogen-bond acceptors (Lipinski definition) is 9. The lowest BCUT2D eigenvalue weighted by molar-refractivity contribution is -0.143. The number of halogens is 5.